The molecule has 0 radical (unpaired) electrons. The Kier molecular flexibility index (Phi) is 2.54. The lowest BCUT2D eigenvalue weighted by atomic mass is 9.93. The van der Waals surface area contributed by atoms with Crippen LogP contribution in [0.3, 0.4) is 0 Å². The van der Waals surface area contributed by atoms with Gasteiger partial charge in [0.25, 0.3) is 5.91 Å². The number of carbonyl (C=O) groups excluding carboxylic acids is 2. The zero-order chi connectivity index (χ0) is 15.0. The number of amides is 2. The Morgan fingerprint density at radius 2 is 1.95 bits per heavy atom. The van der Waals surface area contributed by atoms with Gasteiger partial charge in [0, 0.05) is 12.5 Å². The summed E-state index contributed by atoms with van der Waals surface area (Å²) in [7, 11) is 0. The standard InChI is InChI=1S/C15H20F2N2O2/c1-9-4-11(9)12(20)19-7-14(16)6-18(5-10-2-3-10)13(21)15(14,17)8-19/h9-11H,2-8H2,1H3/t9?,11?,14-,15-/m0/s1. The summed E-state index contributed by atoms with van der Waals surface area (Å²) in [5, 5.41) is 0. The molecule has 0 aromatic rings. The summed E-state index contributed by atoms with van der Waals surface area (Å²) in [6.45, 7) is 1.52. The minimum Gasteiger partial charge on any atom is -0.336 e. The molecule has 0 aromatic heterocycles. The molecule has 2 heterocycles. The third-order valence-corrected chi connectivity index (χ3v) is 5.54. The van der Waals surface area contributed by atoms with Gasteiger partial charge in [0.15, 0.2) is 5.67 Å². The molecule has 116 valence electrons. The molecule has 4 fully saturated rings. The molecule has 4 aliphatic rings. The minimum absolute atomic E-state index is 0.103. The van der Waals surface area contributed by atoms with Crippen molar-refractivity contribution in [2.45, 2.75) is 37.5 Å². The largest absolute Gasteiger partial charge is 0.336 e. The van der Waals surface area contributed by atoms with Crippen molar-refractivity contribution in [3.05, 3.63) is 0 Å². The minimum atomic E-state index is -2.53. The summed E-state index contributed by atoms with van der Waals surface area (Å²) in [4.78, 5) is 27.0. The summed E-state index contributed by atoms with van der Waals surface area (Å²) < 4.78 is 30.0. The molecular formula is C15H20F2N2O2. The predicted octanol–water partition coefficient (Wildman–Crippen LogP) is 1.15. The van der Waals surface area contributed by atoms with Gasteiger partial charge in [-0.15, -0.1) is 0 Å². The average molecular weight is 298 g/mol. The zero-order valence-electron chi connectivity index (χ0n) is 12.1. The molecule has 4 nitrogen and oxygen atoms in total. The van der Waals surface area contributed by atoms with Crippen LogP contribution in [0.15, 0.2) is 0 Å². The lowest BCUT2D eigenvalue weighted by Crippen LogP contribution is -2.47. The first-order chi connectivity index (χ1) is 9.84. The van der Waals surface area contributed by atoms with Gasteiger partial charge in [0.2, 0.25) is 11.6 Å². The van der Waals surface area contributed by atoms with E-state index in [4.69, 9.17) is 0 Å². The fourth-order valence-electron chi connectivity index (χ4n) is 3.76. The maximum absolute atomic E-state index is 15.0. The Hall–Kier alpha value is -1.20. The van der Waals surface area contributed by atoms with Crippen LogP contribution in [-0.4, -0.2) is 59.1 Å². The Labute approximate surface area is 122 Å². The van der Waals surface area contributed by atoms with E-state index in [0.29, 0.717) is 18.4 Å². The van der Waals surface area contributed by atoms with Crippen LogP contribution in [0, 0.1) is 17.8 Å². The first kappa shape index (κ1) is 13.5. The van der Waals surface area contributed by atoms with Crippen LogP contribution in [0.4, 0.5) is 8.78 Å². The predicted molar refractivity (Wildman–Crippen MR) is 70.8 cm³/mol. The summed E-state index contributed by atoms with van der Waals surface area (Å²) in [5.41, 5.74) is -4.76. The first-order valence-corrected chi connectivity index (χ1v) is 7.80. The summed E-state index contributed by atoms with van der Waals surface area (Å²) in [5.74, 6) is -0.339. The zero-order valence-corrected chi connectivity index (χ0v) is 12.1. The first-order valence-electron chi connectivity index (χ1n) is 7.80. The highest BCUT2D eigenvalue weighted by Gasteiger charge is 2.72. The van der Waals surface area contributed by atoms with Gasteiger partial charge in [-0.25, -0.2) is 8.78 Å². The van der Waals surface area contributed by atoms with Gasteiger partial charge in [0.05, 0.1) is 19.6 Å². The van der Waals surface area contributed by atoms with Crippen molar-refractivity contribution < 1.29 is 18.4 Å². The lowest BCUT2D eigenvalue weighted by molar-refractivity contribution is -0.140. The van der Waals surface area contributed by atoms with Gasteiger partial charge >= 0.3 is 0 Å². The van der Waals surface area contributed by atoms with Crippen LogP contribution in [-0.2, 0) is 9.59 Å². The lowest BCUT2D eigenvalue weighted by Gasteiger charge is -2.22. The summed E-state index contributed by atoms with van der Waals surface area (Å²) in [6, 6.07) is 0. The Balaban J connectivity index is 1.51. The molecule has 2 unspecified atom stereocenters. The van der Waals surface area contributed by atoms with E-state index in [0.717, 1.165) is 19.3 Å². The highest BCUT2D eigenvalue weighted by Crippen LogP contribution is 2.48. The monoisotopic (exact) mass is 298 g/mol. The Bertz CT molecular complexity index is 524. The van der Waals surface area contributed by atoms with Crippen LogP contribution in [0.2, 0.25) is 0 Å². The molecule has 4 atom stereocenters. The molecule has 0 spiro atoms. The molecule has 4 rings (SSSR count). The Morgan fingerprint density at radius 1 is 1.29 bits per heavy atom. The van der Waals surface area contributed by atoms with Crippen molar-refractivity contribution >= 4 is 11.8 Å². The van der Waals surface area contributed by atoms with Crippen molar-refractivity contribution in [3.63, 3.8) is 0 Å². The maximum Gasteiger partial charge on any atom is 0.265 e. The van der Waals surface area contributed by atoms with Gasteiger partial charge in [-0.2, -0.15) is 0 Å². The molecule has 0 bridgehead atoms. The fraction of sp³-hybridized carbons (Fsp3) is 0.867. The normalized spacial score (nSPS) is 45.2. The van der Waals surface area contributed by atoms with Crippen LogP contribution in [0.25, 0.3) is 0 Å². The SMILES string of the molecule is CC1CC1C(=O)N1C[C@@]2(F)CN(CC3CC3)C(=O)[C@@]2(F)C1. The van der Waals surface area contributed by atoms with E-state index >= 15 is 8.78 Å². The van der Waals surface area contributed by atoms with Crippen molar-refractivity contribution in [2.75, 3.05) is 26.2 Å². The second-order valence-corrected chi connectivity index (χ2v) is 7.41. The molecule has 2 aliphatic carbocycles. The molecule has 21 heavy (non-hydrogen) atoms. The quantitative estimate of drug-likeness (QED) is 0.784. The highest BCUT2D eigenvalue weighted by atomic mass is 19.2. The van der Waals surface area contributed by atoms with Crippen LogP contribution in [0.1, 0.15) is 26.2 Å². The highest BCUT2D eigenvalue weighted by molar-refractivity contribution is 5.93. The summed E-state index contributed by atoms with van der Waals surface area (Å²) in [6.07, 6.45) is 2.86. The third-order valence-electron chi connectivity index (χ3n) is 5.54. The maximum atomic E-state index is 15.0. The topological polar surface area (TPSA) is 40.6 Å². The van der Waals surface area contributed by atoms with Gasteiger partial charge in [-0.1, -0.05) is 6.92 Å². The molecule has 0 N–H and O–H groups in total. The molecule has 0 aromatic carbocycles. The second kappa shape index (κ2) is 3.96. The molecule has 2 aliphatic heterocycles. The number of likely N-dealkylation sites (tertiary alicyclic amines) is 2. The number of carbonyl (C=O) groups is 2. The van der Waals surface area contributed by atoms with E-state index in [1.54, 1.807) is 0 Å². The number of alkyl halides is 2. The van der Waals surface area contributed by atoms with Crippen molar-refractivity contribution in [2.24, 2.45) is 17.8 Å². The number of halogens is 2. The number of fused-ring (bicyclic) bond motifs is 1. The van der Waals surface area contributed by atoms with E-state index < -0.39 is 23.8 Å². The van der Waals surface area contributed by atoms with Crippen molar-refractivity contribution in [3.8, 4) is 0 Å². The van der Waals surface area contributed by atoms with Gasteiger partial charge < -0.3 is 9.80 Å². The van der Waals surface area contributed by atoms with Crippen molar-refractivity contribution in [1.29, 1.82) is 0 Å². The van der Waals surface area contributed by atoms with Gasteiger partial charge in [-0.05, 0) is 31.1 Å². The molecule has 6 heteroatoms. The smallest absolute Gasteiger partial charge is 0.265 e. The van der Waals surface area contributed by atoms with E-state index in [1.807, 2.05) is 6.92 Å². The average Bonchev–Trinajstić information content (AvgIpc) is 3.31. The van der Waals surface area contributed by atoms with Crippen LogP contribution >= 0.6 is 0 Å². The molecule has 2 amide bonds. The van der Waals surface area contributed by atoms with Crippen LogP contribution < -0.4 is 0 Å². The van der Waals surface area contributed by atoms with E-state index in [2.05, 4.69) is 0 Å². The fourth-order valence-corrected chi connectivity index (χ4v) is 3.76. The molecule has 2 saturated carbocycles. The van der Waals surface area contributed by atoms with E-state index in [1.165, 1.54) is 9.80 Å². The van der Waals surface area contributed by atoms with Crippen LogP contribution in [0.5, 0.6) is 0 Å². The van der Waals surface area contributed by atoms with Gasteiger partial charge in [-0.3, -0.25) is 9.59 Å². The van der Waals surface area contributed by atoms with E-state index in [9.17, 15) is 9.59 Å². The Morgan fingerprint density at radius 3 is 2.48 bits per heavy atom. The summed E-state index contributed by atoms with van der Waals surface area (Å²) >= 11 is 0. The number of nitrogens with zero attached hydrogens (tertiary/aromatic N) is 2. The number of rotatable bonds is 3. The second-order valence-electron chi connectivity index (χ2n) is 7.41. The van der Waals surface area contributed by atoms with Crippen molar-refractivity contribution in [1.82, 2.24) is 9.80 Å². The number of hydrogen-bond donors (Lipinski definition) is 0. The third kappa shape index (κ3) is 1.83. The molecular weight excluding hydrogens is 278 g/mol. The van der Waals surface area contributed by atoms with E-state index in [-0.39, 0.29) is 24.9 Å². The molecule has 2 saturated heterocycles. The number of hydrogen-bond acceptors (Lipinski definition) is 2. The van der Waals surface area contributed by atoms with Gasteiger partial charge in [0.1, 0.15) is 0 Å².